The fourth-order valence-electron chi connectivity index (χ4n) is 0.529. The fraction of sp³-hybridized carbons (Fsp3) is 0.500. The van der Waals surface area contributed by atoms with E-state index in [0.717, 1.165) is 0 Å². The van der Waals surface area contributed by atoms with Crippen LogP contribution in [0.5, 0.6) is 0 Å². The number of carbonyl (C=O) groups is 2. The third-order valence-corrected chi connectivity index (χ3v) is 1.04. The molecule has 0 bridgehead atoms. The first-order valence-corrected chi connectivity index (χ1v) is 3.20. The van der Waals surface area contributed by atoms with Gasteiger partial charge in [-0.3, -0.25) is 4.79 Å². The number of carbonyl (C=O) groups excluding carboxylic acids is 2. The van der Waals surface area contributed by atoms with E-state index in [1.165, 1.54) is 6.92 Å². The topological polar surface area (TPSA) is 84.5 Å². The molecular formula is C6H11N3O2. The number of ketones is 1. The molecule has 3 N–H and O–H groups in total. The van der Waals surface area contributed by atoms with E-state index >= 15 is 0 Å². The average Bonchev–Trinajstić information content (AvgIpc) is 1.87. The minimum Gasteiger partial charge on any atom is -0.350 e. The number of hydrogen-bond acceptors (Lipinski definition) is 3. The van der Waals surface area contributed by atoms with Crippen LogP contribution in [0.15, 0.2) is 5.10 Å². The summed E-state index contributed by atoms with van der Waals surface area (Å²) in [6.45, 7) is 3.15. The maximum Gasteiger partial charge on any atom is 0.332 e. The largest absolute Gasteiger partial charge is 0.350 e. The number of Topliss-reactive ketones (excluding diaryl/α,β-unsaturated/α-hetero) is 1. The maximum atomic E-state index is 10.7. The predicted molar refractivity (Wildman–Crippen MR) is 41.1 cm³/mol. The highest BCUT2D eigenvalue weighted by molar-refractivity contribution is 6.38. The molecule has 0 aromatic carbocycles. The molecule has 0 aliphatic rings. The molecule has 0 aromatic rings. The van der Waals surface area contributed by atoms with Crippen molar-refractivity contribution < 1.29 is 9.59 Å². The van der Waals surface area contributed by atoms with Crippen molar-refractivity contribution in [1.29, 1.82) is 0 Å². The number of nitrogens with two attached hydrogens (primary N) is 1. The van der Waals surface area contributed by atoms with Gasteiger partial charge in [0.1, 0.15) is 5.71 Å². The third kappa shape index (κ3) is 4.07. The molecule has 0 aliphatic carbocycles. The van der Waals surface area contributed by atoms with Crippen LogP contribution in [0, 0.1) is 0 Å². The monoisotopic (exact) mass is 157 g/mol. The highest BCUT2D eigenvalue weighted by Gasteiger charge is 2.01. The summed E-state index contributed by atoms with van der Waals surface area (Å²) in [5, 5.41) is 3.48. The van der Waals surface area contributed by atoms with Gasteiger partial charge in [0.2, 0.25) is 0 Å². The molecule has 0 atom stereocenters. The van der Waals surface area contributed by atoms with Gasteiger partial charge in [-0.1, -0.05) is 6.92 Å². The van der Waals surface area contributed by atoms with Gasteiger partial charge in [0.25, 0.3) is 0 Å². The Morgan fingerprint density at radius 1 is 1.55 bits per heavy atom. The quantitative estimate of drug-likeness (QED) is 0.446. The SMILES string of the molecule is CC/C(=N\NC(N)=O)C(C)=O. The molecule has 0 aliphatic heterocycles. The lowest BCUT2D eigenvalue weighted by Crippen LogP contribution is -2.27. The summed E-state index contributed by atoms with van der Waals surface area (Å²) in [5.74, 6) is -0.166. The van der Waals surface area contributed by atoms with E-state index in [-0.39, 0.29) is 5.78 Å². The molecule has 0 fully saturated rings. The smallest absolute Gasteiger partial charge is 0.332 e. The van der Waals surface area contributed by atoms with Gasteiger partial charge in [0, 0.05) is 6.92 Å². The number of hydrogen-bond donors (Lipinski definition) is 2. The summed E-state index contributed by atoms with van der Waals surface area (Å²) in [5.41, 5.74) is 7.02. The van der Waals surface area contributed by atoms with E-state index in [4.69, 9.17) is 5.73 Å². The summed E-state index contributed by atoms with van der Waals surface area (Å²) < 4.78 is 0. The zero-order valence-corrected chi connectivity index (χ0v) is 6.55. The van der Waals surface area contributed by atoms with Crippen molar-refractivity contribution in [3.8, 4) is 0 Å². The molecule has 0 heterocycles. The van der Waals surface area contributed by atoms with Crippen molar-refractivity contribution in [2.45, 2.75) is 20.3 Å². The van der Waals surface area contributed by atoms with Crippen LogP contribution in [-0.4, -0.2) is 17.5 Å². The number of rotatable bonds is 3. The Labute approximate surface area is 64.6 Å². The average molecular weight is 157 g/mol. The lowest BCUT2D eigenvalue weighted by Gasteiger charge is -1.96. The van der Waals surface area contributed by atoms with Gasteiger partial charge in [-0.25, -0.2) is 10.2 Å². The highest BCUT2D eigenvalue weighted by Crippen LogP contribution is 1.85. The fourth-order valence-corrected chi connectivity index (χ4v) is 0.529. The Hall–Kier alpha value is -1.39. The molecule has 0 saturated heterocycles. The first kappa shape index (κ1) is 9.61. The number of primary amides is 1. The lowest BCUT2D eigenvalue weighted by molar-refractivity contribution is -0.111. The van der Waals surface area contributed by atoms with Gasteiger partial charge < -0.3 is 5.73 Å². The second-order valence-electron chi connectivity index (χ2n) is 1.94. The van der Waals surface area contributed by atoms with Gasteiger partial charge in [-0.2, -0.15) is 5.10 Å². The Morgan fingerprint density at radius 3 is 2.36 bits per heavy atom. The van der Waals surface area contributed by atoms with Crippen LogP contribution >= 0.6 is 0 Å². The molecular weight excluding hydrogens is 146 g/mol. The summed E-state index contributed by atoms with van der Waals surface area (Å²) >= 11 is 0. The molecule has 62 valence electrons. The van der Waals surface area contributed by atoms with E-state index in [0.29, 0.717) is 12.1 Å². The lowest BCUT2D eigenvalue weighted by atomic mass is 10.2. The third-order valence-electron chi connectivity index (χ3n) is 1.04. The first-order valence-electron chi connectivity index (χ1n) is 3.20. The Bertz CT molecular complexity index is 198. The van der Waals surface area contributed by atoms with Crippen molar-refractivity contribution >= 4 is 17.5 Å². The second kappa shape index (κ2) is 4.43. The molecule has 2 amide bonds. The second-order valence-corrected chi connectivity index (χ2v) is 1.94. The molecule has 5 heteroatoms. The number of amides is 2. The molecule has 0 unspecified atom stereocenters. The minimum absolute atomic E-state index is 0.166. The van der Waals surface area contributed by atoms with Crippen LogP contribution in [0.1, 0.15) is 20.3 Å². The van der Waals surface area contributed by atoms with Gasteiger partial charge in [-0.15, -0.1) is 0 Å². The number of hydrazone groups is 1. The van der Waals surface area contributed by atoms with E-state index in [9.17, 15) is 9.59 Å². The number of nitrogens with zero attached hydrogens (tertiary/aromatic N) is 1. The summed E-state index contributed by atoms with van der Waals surface area (Å²) in [6.07, 6.45) is 0.482. The van der Waals surface area contributed by atoms with Crippen LogP contribution in [-0.2, 0) is 4.79 Å². The van der Waals surface area contributed by atoms with Crippen LogP contribution in [0.4, 0.5) is 4.79 Å². The van der Waals surface area contributed by atoms with Crippen molar-refractivity contribution in [2.75, 3.05) is 0 Å². The molecule has 0 spiro atoms. The highest BCUT2D eigenvalue weighted by atomic mass is 16.2. The number of urea groups is 1. The van der Waals surface area contributed by atoms with Crippen molar-refractivity contribution in [3.05, 3.63) is 0 Å². The van der Waals surface area contributed by atoms with E-state index in [2.05, 4.69) is 5.10 Å². The van der Waals surface area contributed by atoms with E-state index < -0.39 is 6.03 Å². The maximum absolute atomic E-state index is 10.7. The predicted octanol–water partition coefficient (Wildman–Crippen LogP) is 0.00970. The summed E-state index contributed by atoms with van der Waals surface area (Å²) in [6, 6.07) is -0.766. The molecule has 5 nitrogen and oxygen atoms in total. The van der Waals surface area contributed by atoms with E-state index in [1.807, 2.05) is 5.43 Å². The Morgan fingerprint density at radius 2 is 2.09 bits per heavy atom. The van der Waals surface area contributed by atoms with Gasteiger partial charge in [0.05, 0.1) is 0 Å². The van der Waals surface area contributed by atoms with Crippen molar-refractivity contribution in [3.63, 3.8) is 0 Å². The van der Waals surface area contributed by atoms with E-state index in [1.54, 1.807) is 6.92 Å². The molecule has 0 rings (SSSR count). The van der Waals surface area contributed by atoms with Gasteiger partial charge in [0.15, 0.2) is 5.78 Å². The van der Waals surface area contributed by atoms with Crippen molar-refractivity contribution in [2.24, 2.45) is 10.8 Å². The molecule has 0 saturated carbocycles. The Kier molecular flexibility index (Phi) is 3.87. The standard InChI is InChI=1S/C6H11N3O2/c1-3-5(4(2)10)8-9-6(7)11/h3H2,1-2H3,(H3,7,9,11)/b8-5+. The van der Waals surface area contributed by atoms with Gasteiger partial charge >= 0.3 is 6.03 Å². The van der Waals surface area contributed by atoms with Crippen LogP contribution in [0.2, 0.25) is 0 Å². The Balaban J connectivity index is 4.13. The van der Waals surface area contributed by atoms with Crippen molar-refractivity contribution in [1.82, 2.24) is 5.43 Å². The van der Waals surface area contributed by atoms with Crippen LogP contribution in [0.25, 0.3) is 0 Å². The minimum atomic E-state index is -0.766. The molecule has 11 heavy (non-hydrogen) atoms. The molecule has 0 radical (unpaired) electrons. The number of nitrogens with one attached hydrogen (secondary N) is 1. The zero-order valence-electron chi connectivity index (χ0n) is 6.55. The van der Waals surface area contributed by atoms with Crippen LogP contribution in [0.3, 0.4) is 0 Å². The normalized spacial score (nSPS) is 10.9. The first-order chi connectivity index (χ1) is 5.07. The van der Waals surface area contributed by atoms with Gasteiger partial charge in [-0.05, 0) is 6.42 Å². The van der Waals surface area contributed by atoms with Crippen LogP contribution < -0.4 is 11.2 Å². The zero-order chi connectivity index (χ0) is 8.85. The molecule has 0 aromatic heterocycles. The summed E-state index contributed by atoms with van der Waals surface area (Å²) in [4.78, 5) is 20.8. The summed E-state index contributed by atoms with van der Waals surface area (Å²) in [7, 11) is 0.